The van der Waals surface area contributed by atoms with Crippen molar-refractivity contribution in [3.63, 3.8) is 0 Å². The Bertz CT molecular complexity index is 1010. The number of rotatable bonds is 4. The van der Waals surface area contributed by atoms with Crippen molar-refractivity contribution in [1.29, 1.82) is 0 Å². The van der Waals surface area contributed by atoms with Crippen molar-refractivity contribution in [3.8, 4) is 0 Å². The molecular weight excluding hydrogens is 344 g/mol. The normalized spacial score (nSPS) is 11.3. The van der Waals surface area contributed by atoms with E-state index in [1.807, 2.05) is 0 Å². The number of hydrogen-bond acceptors (Lipinski definition) is 4. The second-order valence-corrected chi connectivity index (χ2v) is 7.14. The van der Waals surface area contributed by atoms with Gasteiger partial charge in [-0.15, -0.1) is 0 Å². The van der Waals surface area contributed by atoms with Gasteiger partial charge in [0.1, 0.15) is 11.2 Å². The molecule has 0 saturated heterocycles. The van der Waals surface area contributed by atoms with E-state index in [4.69, 9.17) is 4.42 Å². The van der Waals surface area contributed by atoms with E-state index >= 15 is 0 Å². The van der Waals surface area contributed by atoms with Gasteiger partial charge in [0.15, 0.2) is 0 Å². The van der Waals surface area contributed by atoms with E-state index in [-0.39, 0.29) is 29.1 Å². The van der Waals surface area contributed by atoms with Crippen LogP contribution < -0.4 is 16.1 Å². The van der Waals surface area contributed by atoms with Crippen LogP contribution in [0.1, 0.15) is 27.7 Å². The molecule has 2 aromatic carbocycles. The Morgan fingerprint density at radius 1 is 0.778 bits per heavy atom. The molecule has 3 rings (SSSR count). The maximum absolute atomic E-state index is 12.9. The fourth-order valence-electron chi connectivity index (χ4n) is 2.59. The first-order chi connectivity index (χ1) is 12.8. The largest absolute Gasteiger partial charge is 0.456 e. The minimum absolute atomic E-state index is 0.127. The topological polar surface area (TPSA) is 88.4 Å². The Labute approximate surface area is 156 Å². The third-order valence-electron chi connectivity index (χ3n) is 4.25. The van der Waals surface area contributed by atoms with Crippen molar-refractivity contribution in [2.45, 2.75) is 27.7 Å². The summed E-state index contributed by atoms with van der Waals surface area (Å²) in [4.78, 5) is 36.7. The van der Waals surface area contributed by atoms with Crippen LogP contribution in [0.3, 0.4) is 0 Å². The molecule has 0 unspecified atom stereocenters. The first kappa shape index (κ1) is 18.6. The van der Waals surface area contributed by atoms with Gasteiger partial charge in [-0.05, 0) is 36.4 Å². The molecule has 2 amide bonds. The lowest BCUT2D eigenvalue weighted by molar-refractivity contribution is -0.119. The zero-order valence-corrected chi connectivity index (χ0v) is 15.8. The van der Waals surface area contributed by atoms with Gasteiger partial charge in [-0.3, -0.25) is 14.4 Å². The molecule has 1 aromatic heterocycles. The Hall–Kier alpha value is -3.15. The fourth-order valence-corrected chi connectivity index (χ4v) is 2.59. The Morgan fingerprint density at radius 2 is 1.19 bits per heavy atom. The second-order valence-electron chi connectivity index (χ2n) is 7.14. The van der Waals surface area contributed by atoms with E-state index < -0.39 is 0 Å². The van der Waals surface area contributed by atoms with E-state index in [9.17, 15) is 14.4 Å². The van der Waals surface area contributed by atoms with Crippen LogP contribution in [-0.2, 0) is 9.59 Å². The third kappa shape index (κ3) is 3.84. The number of amides is 2. The monoisotopic (exact) mass is 366 g/mol. The molecule has 140 valence electrons. The first-order valence-electron chi connectivity index (χ1n) is 8.88. The van der Waals surface area contributed by atoms with Gasteiger partial charge in [0.05, 0.1) is 10.8 Å². The molecule has 0 fully saturated rings. The number of carbonyl (C=O) groups excluding carboxylic acids is 2. The number of nitrogens with one attached hydrogen (secondary N) is 2. The summed E-state index contributed by atoms with van der Waals surface area (Å²) in [6.07, 6.45) is 0. The third-order valence-corrected chi connectivity index (χ3v) is 4.25. The van der Waals surface area contributed by atoms with E-state index in [2.05, 4.69) is 10.6 Å². The molecule has 0 bridgehead atoms. The molecule has 0 saturated carbocycles. The van der Waals surface area contributed by atoms with E-state index in [0.29, 0.717) is 33.3 Å². The lowest BCUT2D eigenvalue weighted by Crippen LogP contribution is -2.18. The molecule has 0 spiro atoms. The number of hydrogen-bond donors (Lipinski definition) is 2. The number of carbonyl (C=O) groups is 2. The van der Waals surface area contributed by atoms with Crippen LogP contribution in [0.2, 0.25) is 0 Å². The van der Waals surface area contributed by atoms with Crippen molar-refractivity contribution < 1.29 is 14.0 Å². The van der Waals surface area contributed by atoms with Crippen LogP contribution in [0.25, 0.3) is 21.9 Å². The Kier molecular flexibility index (Phi) is 4.99. The highest BCUT2D eigenvalue weighted by molar-refractivity contribution is 5.98. The summed E-state index contributed by atoms with van der Waals surface area (Å²) in [5, 5.41) is 6.31. The molecule has 0 atom stereocenters. The van der Waals surface area contributed by atoms with Crippen molar-refractivity contribution in [1.82, 2.24) is 0 Å². The smallest absolute Gasteiger partial charge is 0.226 e. The SMILES string of the molecule is CC(C)C(=O)Nc1ccc2oc3ccc(NC(=O)C(C)C)cc3c(=O)c2c1. The Morgan fingerprint density at radius 3 is 1.56 bits per heavy atom. The van der Waals surface area contributed by atoms with Gasteiger partial charge in [-0.25, -0.2) is 0 Å². The highest BCUT2D eigenvalue weighted by Gasteiger charge is 2.13. The van der Waals surface area contributed by atoms with Crippen LogP contribution in [0.5, 0.6) is 0 Å². The summed E-state index contributed by atoms with van der Waals surface area (Å²) in [6, 6.07) is 9.96. The molecule has 1 heterocycles. The summed E-state index contributed by atoms with van der Waals surface area (Å²) in [6.45, 7) is 7.19. The maximum Gasteiger partial charge on any atom is 0.226 e. The average molecular weight is 366 g/mol. The molecule has 0 aliphatic rings. The van der Waals surface area contributed by atoms with Crippen LogP contribution in [0.4, 0.5) is 11.4 Å². The zero-order valence-electron chi connectivity index (χ0n) is 15.8. The van der Waals surface area contributed by atoms with Crippen molar-refractivity contribution in [2.24, 2.45) is 11.8 Å². The summed E-state index contributed by atoms with van der Waals surface area (Å²) in [5.41, 5.74) is 1.74. The molecule has 0 radical (unpaired) electrons. The van der Waals surface area contributed by atoms with Gasteiger partial charge in [0, 0.05) is 23.2 Å². The summed E-state index contributed by atoms with van der Waals surface area (Å²) in [7, 11) is 0. The van der Waals surface area contributed by atoms with Gasteiger partial charge >= 0.3 is 0 Å². The van der Waals surface area contributed by atoms with E-state index in [1.54, 1.807) is 64.1 Å². The Balaban J connectivity index is 2.07. The van der Waals surface area contributed by atoms with Gasteiger partial charge in [-0.1, -0.05) is 27.7 Å². The van der Waals surface area contributed by atoms with Crippen molar-refractivity contribution in [2.75, 3.05) is 10.6 Å². The average Bonchev–Trinajstić information content (AvgIpc) is 2.62. The lowest BCUT2D eigenvalue weighted by Gasteiger charge is -2.10. The van der Waals surface area contributed by atoms with Crippen molar-refractivity contribution in [3.05, 3.63) is 46.6 Å². The second kappa shape index (κ2) is 7.23. The van der Waals surface area contributed by atoms with Crippen molar-refractivity contribution >= 4 is 45.1 Å². The summed E-state index contributed by atoms with van der Waals surface area (Å²) >= 11 is 0. The minimum Gasteiger partial charge on any atom is -0.456 e. The van der Waals surface area contributed by atoms with Gasteiger partial charge in [-0.2, -0.15) is 0 Å². The molecule has 6 heteroatoms. The fraction of sp³-hybridized carbons (Fsp3) is 0.286. The minimum atomic E-state index is -0.215. The zero-order chi connectivity index (χ0) is 19.7. The molecule has 0 aliphatic carbocycles. The predicted molar refractivity (Wildman–Crippen MR) is 107 cm³/mol. The summed E-state index contributed by atoms with van der Waals surface area (Å²) < 4.78 is 5.82. The molecular formula is C21H22N2O4. The highest BCUT2D eigenvalue weighted by Crippen LogP contribution is 2.24. The van der Waals surface area contributed by atoms with Crippen LogP contribution in [0, 0.1) is 11.8 Å². The van der Waals surface area contributed by atoms with Crippen LogP contribution >= 0.6 is 0 Å². The van der Waals surface area contributed by atoms with Gasteiger partial charge in [0.25, 0.3) is 0 Å². The molecule has 0 aliphatic heterocycles. The predicted octanol–water partition coefficient (Wildman–Crippen LogP) is 4.14. The van der Waals surface area contributed by atoms with Crippen LogP contribution in [0.15, 0.2) is 45.6 Å². The number of benzene rings is 2. The molecule has 2 N–H and O–H groups in total. The highest BCUT2D eigenvalue weighted by atomic mass is 16.3. The lowest BCUT2D eigenvalue weighted by atomic mass is 10.1. The number of anilines is 2. The van der Waals surface area contributed by atoms with Gasteiger partial charge in [0.2, 0.25) is 17.2 Å². The quantitative estimate of drug-likeness (QED) is 0.679. The summed E-state index contributed by atoms with van der Waals surface area (Å²) in [5.74, 6) is -0.585. The number of fused-ring (bicyclic) bond motifs is 2. The van der Waals surface area contributed by atoms with Crippen LogP contribution in [-0.4, -0.2) is 11.8 Å². The molecule has 27 heavy (non-hydrogen) atoms. The first-order valence-corrected chi connectivity index (χ1v) is 8.88. The molecule has 3 aromatic rings. The van der Waals surface area contributed by atoms with Gasteiger partial charge < -0.3 is 15.1 Å². The molecule has 6 nitrogen and oxygen atoms in total. The van der Waals surface area contributed by atoms with E-state index in [0.717, 1.165) is 0 Å². The standard InChI is InChI=1S/C21H22N2O4/c1-11(2)20(25)22-13-5-7-17-15(9-13)19(24)16-10-14(6-8-18(16)27-17)23-21(26)12(3)4/h5-12H,1-4H3,(H,22,25)(H,23,26). The maximum atomic E-state index is 12.9. The van der Waals surface area contributed by atoms with E-state index in [1.165, 1.54) is 0 Å².